The van der Waals surface area contributed by atoms with Crippen molar-refractivity contribution in [2.24, 2.45) is 0 Å². The minimum atomic E-state index is -3.44. The number of rotatable bonds is 3. The van der Waals surface area contributed by atoms with Crippen LogP contribution in [0.15, 0.2) is 23.1 Å². The molecule has 1 aromatic carbocycles. The molecule has 0 spiro atoms. The molecule has 1 amide bonds. The second kappa shape index (κ2) is 3.98. The minimum absolute atomic E-state index is 0.0613. The Kier molecular flexibility index (Phi) is 3.13. The van der Waals surface area contributed by atoms with Crippen molar-refractivity contribution in [3.05, 3.63) is 23.2 Å². The van der Waals surface area contributed by atoms with Crippen LogP contribution in [0.5, 0.6) is 0 Å². The zero-order chi connectivity index (χ0) is 10.8. The van der Waals surface area contributed by atoms with Crippen molar-refractivity contribution in [1.29, 1.82) is 0 Å². The van der Waals surface area contributed by atoms with Crippen LogP contribution in [-0.2, 0) is 14.6 Å². The van der Waals surface area contributed by atoms with Gasteiger partial charge in [0.1, 0.15) is 4.90 Å². The van der Waals surface area contributed by atoms with E-state index in [1.807, 2.05) is 0 Å². The van der Waals surface area contributed by atoms with Gasteiger partial charge in [0.15, 0.2) is 9.84 Å². The molecule has 0 heterocycles. The molecule has 14 heavy (non-hydrogen) atoms. The number of hydrogen-bond acceptors (Lipinski definition) is 3. The largest absolute Gasteiger partial charge is 0.328 e. The molecule has 4 nitrogen and oxygen atoms in total. The van der Waals surface area contributed by atoms with Gasteiger partial charge < -0.3 is 5.32 Å². The van der Waals surface area contributed by atoms with Gasteiger partial charge >= 0.3 is 0 Å². The Hall–Kier alpha value is -1.07. The molecule has 1 N–H and O–H groups in total. The molecule has 1 rings (SSSR count). The van der Waals surface area contributed by atoms with E-state index in [9.17, 15) is 13.2 Å². The van der Waals surface area contributed by atoms with E-state index in [4.69, 9.17) is 11.6 Å². The summed E-state index contributed by atoms with van der Waals surface area (Å²) in [5.41, 5.74) is 0.190. The van der Waals surface area contributed by atoms with Crippen LogP contribution in [0.25, 0.3) is 0 Å². The lowest BCUT2D eigenvalue weighted by Gasteiger charge is -2.07. The van der Waals surface area contributed by atoms with E-state index in [0.717, 1.165) is 6.26 Å². The molecule has 0 saturated heterocycles. The highest BCUT2D eigenvalue weighted by Gasteiger charge is 2.16. The predicted molar refractivity (Wildman–Crippen MR) is 54.2 cm³/mol. The van der Waals surface area contributed by atoms with E-state index in [2.05, 4.69) is 5.32 Å². The number of carbonyl (C=O) groups excluding carboxylic acids is 1. The predicted octanol–water partition coefficient (Wildman–Crippen LogP) is 1.31. The Morgan fingerprint density at radius 3 is 2.57 bits per heavy atom. The zero-order valence-electron chi connectivity index (χ0n) is 7.32. The van der Waals surface area contributed by atoms with Crippen molar-refractivity contribution < 1.29 is 13.2 Å². The van der Waals surface area contributed by atoms with E-state index in [1.54, 1.807) is 6.07 Å². The van der Waals surface area contributed by atoms with Crippen LogP contribution >= 0.6 is 11.6 Å². The van der Waals surface area contributed by atoms with E-state index < -0.39 is 9.84 Å². The van der Waals surface area contributed by atoms with Crippen molar-refractivity contribution in [2.45, 2.75) is 4.90 Å². The molecule has 0 aliphatic carbocycles. The standard InChI is InChI=1S/C8H8ClNO3S/c1-14(12,13)8-6(9)3-2-4-7(8)10-5-11/h2-5H,1H3,(H,10,11). The Bertz CT molecular complexity index is 456. The minimum Gasteiger partial charge on any atom is -0.328 e. The first-order chi connectivity index (χ1) is 6.46. The maximum atomic E-state index is 11.3. The molecule has 0 fully saturated rings. The molecule has 0 aliphatic heterocycles. The van der Waals surface area contributed by atoms with Gasteiger partial charge in [0.05, 0.1) is 10.7 Å². The fraction of sp³-hybridized carbons (Fsp3) is 0.125. The molecule has 0 atom stereocenters. The monoisotopic (exact) mass is 233 g/mol. The first-order valence-electron chi connectivity index (χ1n) is 3.65. The van der Waals surface area contributed by atoms with E-state index in [1.165, 1.54) is 12.1 Å². The SMILES string of the molecule is CS(=O)(=O)c1c(Cl)cccc1NC=O. The molecule has 0 saturated carbocycles. The molecule has 0 unspecified atom stereocenters. The third-order valence-electron chi connectivity index (χ3n) is 1.55. The maximum Gasteiger partial charge on any atom is 0.211 e. The van der Waals surface area contributed by atoms with Gasteiger partial charge in [0.2, 0.25) is 6.41 Å². The van der Waals surface area contributed by atoms with Crippen LogP contribution in [0.3, 0.4) is 0 Å². The lowest BCUT2D eigenvalue weighted by atomic mass is 10.3. The average Bonchev–Trinajstić information content (AvgIpc) is 2.02. The average molecular weight is 234 g/mol. The number of nitrogens with one attached hydrogen (secondary N) is 1. The molecule has 0 aromatic heterocycles. The van der Waals surface area contributed by atoms with Crippen molar-refractivity contribution in [3.63, 3.8) is 0 Å². The molecular formula is C8H8ClNO3S. The van der Waals surface area contributed by atoms with Crippen LogP contribution in [0.4, 0.5) is 5.69 Å². The molecule has 6 heteroatoms. The smallest absolute Gasteiger partial charge is 0.211 e. The van der Waals surface area contributed by atoms with Gasteiger partial charge in [0.25, 0.3) is 0 Å². The number of amides is 1. The number of carbonyl (C=O) groups is 1. The lowest BCUT2D eigenvalue weighted by molar-refractivity contribution is -0.105. The molecule has 0 bridgehead atoms. The van der Waals surface area contributed by atoms with Crippen LogP contribution < -0.4 is 5.32 Å². The van der Waals surface area contributed by atoms with Crippen molar-refractivity contribution in [2.75, 3.05) is 11.6 Å². The van der Waals surface area contributed by atoms with Crippen molar-refractivity contribution in [3.8, 4) is 0 Å². The molecule has 0 radical (unpaired) electrons. The van der Waals surface area contributed by atoms with Gasteiger partial charge in [-0.2, -0.15) is 0 Å². The van der Waals surface area contributed by atoms with E-state index >= 15 is 0 Å². The normalized spacial score (nSPS) is 11.0. The summed E-state index contributed by atoms with van der Waals surface area (Å²) in [6.07, 6.45) is 1.44. The number of halogens is 1. The lowest BCUT2D eigenvalue weighted by Crippen LogP contribution is -2.05. The number of benzene rings is 1. The highest BCUT2D eigenvalue weighted by molar-refractivity contribution is 7.91. The highest BCUT2D eigenvalue weighted by atomic mass is 35.5. The van der Waals surface area contributed by atoms with Gasteiger partial charge in [-0.1, -0.05) is 17.7 Å². The Morgan fingerprint density at radius 1 is 1.43 bits per heavy atom. The summed E-state index contributed by atoms with van der Waals surface area (Å²) < 4.78 is 22.6. The zero-order valence-corrected chi connectivity index (χ0v) is 8.89. The number of sulfone groups is 1. The van der Waals surface area contributed by atoms with Gasteiger partial charge in [-0.15, -0.1) is 0 Å². The van der Waals surface area contributed by atoms with Crippen LogP contribution in [0.1, 0.15) is 0 Å². The second-order valence-electron chi connectivity index (χ2n) is 2.65. The number of hydrogen-bond donors (Lipinski definition) is 1. The highest BCUT2D eigenvalue weighted by Crippen LogP contribution is 2.28. The van der Waals surface area contributed by atoms with E-state index in [-0.39, 0.29) is 15.6 Å². The quantitative estimate of drug-likeness (QED) is 0.801. The van der Waals surface area contributed by atoms with Gasteiger partial charge in [-0.3, -0.25) is 4.79 Å². The molecular weight excluding hydrogens is 226 g/mol. The third-order valence-corrected chi connectivity index (χ3v) is 3.16. The van der Waals surface area contributed by atoms with Crippen molar-refractivity contribution in [1.82, 2.24) is 0 Å². The first kappa shape index (κ1) is 11.0. The summed E-state index contributed by atoms with van der Waals surface area (Å²) >= 11 is 5.71. The van der Waals surface area contributed by atoms with Crippen LogP contribution in [-0.4, -0.2) is 21.1 Å². The topological polar surface area (TPSA) is 63.2 Å². The molecule has 76 valence electrons. The third kappa shape index (κ3) is 2.24. The first-order valence-corrected chi connectivity index (χ1v) is 5.92. The fourth-order valence-electron chi connectivity index (χ4n) is 1.06. The van der Waals surface area contributed by atoms with Gasteiger partial charge in [-0.25, -0.2) is 8.42 Å². The van der Waals surface area contributed by atoms with Crippen molar-refractivity contribution >= 4 is 33.5 Å². The second-order valence-corrected chi connectivity index (χ2v) is 5.01. The Balaban J connectivity index is 3.45. The van der Waals surface area contributed by atoms with Gasteiger partial charge in [0, 0.05) is 6.26 Å². The van der Waals surface area contributed by atoms with Crippen LogP contribution in [0.2, 0.25) is 5.02 Å². The maximum absolute atomic E-state index is 11.3. The number of anilines is 1. The molecule has 1 aromatic rings. The van der Waals surface area contributed by atoms with E-state index in [0.29, 0.717) is 6.41 Å². The molecule has 0 aliphatic rings. The summed E-state index contributed by atoms with van der Waals surface area (Å²) in [6.45, 7) is 0. The summed E-state index contributed by atoms with van der Waals surface area (Å²) in [6, 6.07) is 4.48. The summed E-state index contributed by atoms with van der Waals surface area (Å²) in [4.78, 5) is 10.2. The summed E-state index contributed by atoms with van der Waals surface area (Å²) in [5.74, 6) is 0. The Morgan fingerprint density at radius 2 is 2.07 bits per heavy atom. The fourth-order valence-corrected chi connectivity index (χ4v) is 2.61. The van der Waals surface area contributed by atoms with Crippen LogP contribution in [0, 0.1) is 0 Å². The summed E-state index contributed by atoms with van der Waals surface area (Å²) in [5, 5.41) is 2.38. The van der Waals surface area contributed by atoms with Gasteiger partial charge in [-0.05, 0) is 12.1 Å². The summed E-state index contributed by atoms with van der Waals surface area (Å²) in [7, 11) is -3.44. The Labute approximate surface area is 86.8 Å².